The van der Waals surface area contributed by atoms with Gasteiger partial charge in [0.2, 0.25) is 5.91 Å². The van der Waals surface area contributed by atoms with Gasteiger partial charge in [-0.1, -0.05) is 18.2 Å². The minimum Gasteiger partial charge on any atom is -0.373 e. The average Bonchev–Trinajstić information content (AvgIpc) is 3.13. The van der Waals surface area contributed by atoms with Crippen molar-refractivity contribution in [3.8, 4) is 0 Å². The molecule has 2 aromatic heterocycles. The fourth-order valence-electron chi connectivity index (χ4n) is 3.20. The van der Waals surface area contributed by atoms with Crippen molar-refractivity contribution in [2.75, 3.05) is 10.6 Å². The minimum absolute atomic E-state index is 0.385. The molecule has 2 aromatic carbocycles. The first-order valence-electron chi connectivity index (χ1n) is 9.07. The Bertz CT molecular complexity index is 1070. The zero-order valence-electron chi connectivity index (χ0n) is 15.2. The SMILES string of the molecule is NC(=O)C(Cc1c[nH]c2ccccc12)Nc1ccc(Nc2ccncc2)cc1. The Morgan fingerprint density at radius 3 is 2.39 bits per heavy atom. The molecule has 1 unspecified atom stereocenters. The number of anilines is 3. The summed E-state index contributed by atoms with van der Waals surface area (Å²) in [4.78, 5) is 19.2. The van der Waals surface area contributed by atoms with Crippen LogP contribution in [0.2, 0.25) is 0 Å². The highest BCUT2D eigenvalue weighted by atomic mass is 16.1. The molecule has 0 fully saturated rings. The molecule has 0 aliphatic rings. The van der Waals surface area contributed by atoms with Crippen molar-refractivity contribution in [3.63, 3.8) is 0 Å². The maximum Gasteiger partial charge on any atom is 0.240 e. The number of aromatic amines is 1. The second-order valence-electron chi connectivity index (χ2n) is 6.60. The summed E-state index contributed by atoms with van der Waals surface area (Å²) in [5.74, 6) is -0.385. The number of primary amides is 1. The summed E-state index contributed by atoms with van der Waals surface area (Å²) < 4.78 is 0. The Kier molecular flexibility index (Phi) is 4.93. The lowest BCUT2D eigenvalue weighted by Gasteiger charge is -2.17. The Morgan fingerprint density at radius 1 is 0.964 bits per heavy atom. The summed E-state index contributed by atoms with van der Waals surface area (Å²) in [5.41, 5.74) is 10.5. The lowest BCUT2D eigenvalue weighted by Crippen LogP contribution is -2.37. The van der Waals surface area contributed by atoms with Crippen molar-refractivity contribution in [3.05, 3.63) is 84.8 Å². The predicted molar refractivity (Wildman–Crippen MR) is 113 cm³/mol. The van der Waals surface area contributed by atoms with Gasteiger partial charge in [-0.25, -0.2) is 0 Å². The number of para-hydroxylation sites is 1. The van der Waals surface area contributed by atoms with E-state index >= 15 is 0 Å². The van der Waals surface area contributed by atoms with Crippen LogP contribution in [0.4, 0.5) is 17.1 Å². The number of benzene rings is 2. The van der Waals surface area contributed by atoms with Crippen LogP contribution in [0.15, 0.2) is 79.3 Å². The van der Waals surface area contributed by atoms with Gasteiger partial charge in [0.25, 0.3) is 0 Å². The van der Waals surface area contributed by atoms with Gasteiger partial charge in [-0.3, -0.25) is 9.78 Å². The molecular weight excluding hydrogens is 350 g/mol. The molecule has 1 amide bonds. The highest BCUT2D eigenvalue weighted by Gasteiger charge is 2.18. The molecule has 0 aliphatic carbocycles. The van der Waals surface area contributed by atoms with Crippen LogP contribution in [0.25, 0.3) is 10.9 Å². The molecule has 6 heteroatoms. The molecule has 6 nitrogen and oxygen atoms in total. The van der Waals surface area contributed by atoms with Crippen molar-refractivity contribution in [2.45, 2.75) is 12.5 Å². The van der Waals surface area contributed by atoms with E-state index in [-0.39, 0.29) is 5.91 Å². The fraction of sp³-hybridized carbons (Fsp3) is 0.0909. The molecule has 5 N–H and O–H groups in total. The first-order chi connectivity index (χ1) is 13.7. The Balaban J connectivity index is 1.46. The number of carbonyl (C=O) groups is 1. The maximum atomic E-state index is 12.0. The second-order valence-corrected chi connectivity index (χ2v) is 6.60. The Labute approximate surface area is 162 Å². The number of hydrogen-bond donors (Lipinski definition) is 4. The van der Waals surface area contributed by atoms with E-state index in [1.807, 2.05) is 66.9 Å². The first-order valence-corrected chi connectivity index (χ1v) is 9.07. The summed E-state index contributed by atoms with van der Waals surface area (Å²) in [6.07, 6.45) is 5.92. The van der Waals surface area contributed by atoms with Gasteiger partial charge in [0.15, 0.2) is 0 Å². The van der Waals surface area contributed by atoms with Crippen LogP contribution in [0, 0.1) is 0 Å². The van der Waals surface area contributed by atoms with Crippen molar-refractivity contribution in [1.82, 2.24) is 9.97 Å². The predicted octanol–water partition coefficient (Wildman–Crippen LogP) is 3.82. The first kappa shape index (κ1) is 17.6. The van der Waals surface area contributed by atoms with Gasteiger partial charge in [-0.15, -0.1) is 0 Å². The smallest absolute Gasteiger partial charge is 0.240 e. The van der Waals surface area contributed by atoms with Gasteiger partial charge in [-0.2, -0.15) is 0 Å². The number of rotatable bonds is 7. The van der Waals surface area contributed by atoms with Crippen molar-refractivity contribution < 1.29 is 4.79 Å². The van der Waals surface area contributed by atoms with E-state index in [4.69, 9.17) is 5.73 Å². The molecule has 0 bridgehead atoms. The van der Waals surface area contributed by atoms with Gasteiger partial charge in [0.05, 0.1) is 0 Å². The van der Waals surface area contributed by atoms with E-state index in [9.17, 15) is 4.79 Å². The molecule has 0 saturated carbocycles. The zero-order chi connectivity index (χ0) is 19.3. The van der Waals surface area contributed by atoms with E-state index < -0.39 is 6.04 Å². The van der Waals surface area contributed by atoms with Gasteiger partial charge < -0.3 is 21.4 Å². The van der Waals surface area contributed by atoms with Crippen LogP contribution in [0.5, 0.6) is 0 Å². The van der Waals surface area contributed by atoms with E-state index in [1.54, 1.807) is 12.4 Å². The highest BCUT2D eigenvalue weighted by Crippen LogP contribution is 2.22. The summed E-state index contributed by atoms with van der Waals surface area (Å²) in [7, 11) is 0. The van der Waals surface area contributed by atoms with Gasteiger partial charge in [0.1, 0.15) is 6.04 Å². The fourth-order valence-corrected chi connectivity index (χ4v) is 3.20. The Morgan fingerprint density at radius 2 is 1.64 bits per heavy atom. The van der Waals surface area contributed by atoms with Crippen LogP contribution in [-0.4, -0.2) is 21.9 Å². The summed E-state index contributed by atoms with van der Waals surface area (Å²) in [5, 5.41) is 7.65. The number of hydrogen-bond acceptors (Lipinski definition) is 4. The summed E-state index contributed by atoms with van der Waals surface area (Å²) in [6.45, 7) is 0. The van der Waals surface area contributed by atoms with E-state index in [0.29, 0.717) is 6.42 Å². The quantitative estimate of drug-likeness (QED) is 0.397. The number of fused-ring (bicyclic) bond motifs is 1. The number of H-pyrrole nitrogens is 1. The third-order valence-corrected chi connectivity index (χ3v) is 4.64. The van der Waals surface area contributed by atoms with Crippen LogP contribution in [0.1, 0.15) is 5.56 Å². The molecule has 28 heavy (non-hydrogen) atoms. The monoisotopic (exact) mass is 371 g/mol. The standard InChI is InChI=1S/C22H21N5O/c23-22(28)21(13-15-14-25-20-4-2-1-3-19(15)20)27-17-7-5-16(6-8-17)26-18-9-11-24-12-10-18/h1-12,14,21,25,27H,13H2,(H2,23,28)(H,24,26). The molecule has 0 spiro atoms. The minimum atomic E-state index is -0.502. The van der Waals surface area contributed by atoms with Crippen molar-refractivity contribution >= 4 is 33.9 Å². The lowest BCUT2D eigenvalue weighted by molar-refractivity contribution is -0.118. The molecule has 2 heterocycles. The van der Waals surface area contributed by atoms with Crippen LogP contribution in [-0.2, 0) is 11.2 Å². The van der Waals surface area contributed by atoms with Gasteiger partial charge in [-0.05, 0) is 48.0 Å². The lowest BCUT2D eigenvalue weighted by atomic mass is 10.0. The average molecular weight is 371 g/mol. The zero-order valence-corrected chi connectivity index (χ0v) is 15.2. The summed E-state index contributed by atoms with van der Waals surface area (Å²) >= 11 is 0. The number of carbonyl (C=O) groups excluding carboxylic acids is 1. The van der Waals surface area contributed by atoms with Gasteiger partial charge >= 0.3 is 0 Å². The number of nitrogens with one attached hydrogen (secondary N) is 3. The maximum absolute atomic E-state index is 12.0. The number of nitrogens with two attached hydrogens (primary N) is 1. The third-order valence-electron chi connectivity index (χ3n) is 4.64. The molecule has 1 atom stereocenters. The molecule has 0 aliphatic heterocycles. The third kappa shape index (κ3) is 3.96. The number of pyridine rings is 1. The summed E-state index contributed by atoms with van der Waals surface area (Å²) in [6, 6.07) is 19.1. The van der Waals surface area contributed by atoms with E-state index in [0.717, 1.165) is 33.5 Å². The molecule has 4 rings (SSSR count). The number of nitrogens with zero attached hydrogens (tertiary/aromatic N) is 1. The van der Waals surface area contributed by atoms with Crippen LogP contribution in [0.3, 0.4) is 0 Å². The highest BCUT2D eigenvalue weighted by molar-refractivity contribution is 5.87. The molecule has 0 saturated heterocycles. The van der Waals surface area contributed by atoms with E-state index in [2.05, 4.69) is 20.6 Å². The van der Waals surface area contributed by atoms with E-state index in [1.165, 1.54) is 0 Å². The number of amides is 1. The van der Waals surface area contributed by atoms with Crippen LogP contribution < -0.4 is 16.4 Å². The van der Waals surface area contributed by atoms with Crippen molar-refractivity contribution in [2.24, 2.45) is 5.73 Å². The topological polar surface area (TPSA) is 95.8 Å². The normalized spacial score (nSPS) is 11.9. The molecular formula is C22H21N5O. The second kappa shape index (κ2) is 7.84. The molecule has 140 valence electrons. The van der Waals surface area contributed by atoms with Gasteiger partial charge in [0, 0.05) is 53.0 Å². The van der Waals surface area contributed by atoms with Crippen molar-refractivity contribution in [1.29, 1.82) is 0 Å². The molecule has 0 radical (unpaired) electrons. The largest absolute Gasteiger partial charge is 0.373 e. The Hall–Kier alpha value is -3.80. The number of aromatic nitrogens is 2. The molecule has 4 aromatic rings. The van der Waals surface area contributed by atoms with Crippen LogP contribution >= 0.6 is 0 Å².